The van der Waals surface area contributed by atoms with Gasteiger partial charge in [-0.05, 0) is 41.5 Å². The monoisotopic (exact) mass is 389 g/mol. The van der Waals surface area contributed by atoms with E-state index in [1.54, 1.807) is 6.33 Å². The second-order valence-electron chi connectivity index (χ2n) is 7.43. The van der Waals surface area contributed by atoms with E-state index in [1.165, 1.54) is 12.1 Å². The normalized spacial score (nSPS) is 18.7. The van der Waals surface area contributed by atoms with Gasteiger partial charge in [-0.3, -0.25) is 4.90 Å². The van der Waals surface area contributed by atoms with Crippen molar-refractivity contribution in [2.24, 2.45) is 7.05 Å². The molecule has 0 bridgehead atoms. The molecule has 148 valence electrons. The number of morpholine rings is 1. The topological polar surface area (TPSA) is 30.3 Å². The van der Waals surface area contributed by atoms with Crippen molar-refractivity contribution in [2.75, 3.05) is 19.7 Å². The Bertz CT molecular complexity index is 996. The maximum atomic E-state index is 13.8. The molecular weight excluding hydrogens is 367 g/mol. The van der Waals surface area contributed by atoms with Gasteiger partial charge in [0.2, 0.25) is 0 Å². The molecule has 1 aromatic heterocycles. The maximum Gasteiger partial charge on any atom is 0.270 e. The smallest absolute Gasteiger partial charge is 0.270 e. The number of rotatable bonds is 4. The third-order valence-corrected chi connectivity index (χ3v) is 5.14. The van der Waals surface area contributed by atoms with Crippen LogP contribution >= 0.6 is 0 Å². The van der Waals surface area contributed by atoms with Gasteiger partial charge >= 0.3 is 0 Å². The van der Waals surface area contributed by atoms with E-state index in [0.29, 0.717) is 31.8 Å². The minimum atomic E-state index is -3.07. The molecule has 28 heavy (non-hydrogen) atoms. The number of ether oxygens (including phenoxy) is 1. The summed E-state index contributed by atoms with van der Waals surface area (Å²) < 4.78 is 48.9. The summed E-state index contributed by atoms with van der Waals surface area (Å²) in [6.07, 6.45) is 1.64. The van der Waals surface area contributed by atoms with Crippen molar-refractivity contribution >= 4 is 11.0 Å². The van der Waals surface area contributed by atoms with Gasteiger partial charge in [-0.15, -0.1) is 0 Å². The number of fused-ring (bicyclic) bond motifs is 1. The second kappa shape index (κ2) is 7.22. The van der Waals surface area contributed by atoms with E-state index < -0.39 is 11.7 Å². The number of hydrogen-bond donors (Lipinski definition) is 0. The molecule has 0 radical (unpaired) electrons. The molecule has 0 N–H and O–H groups in total. The lowest BCUT2D eigenvalue weighted by Crippen LogP contribution is -2.37. The summed E-state index contributed by atoms with van der Waals surface area (Å²) in [5, 5.41) is 0. The molecule has 1 unspecified atom stereocenters. The number of hydrogen-bond acceptors (Lipinski definition) is 3. The van der Waals surface area contributed by atoms with Gasteiger partial charge in [-0.1, -0.05) is 6.07 Å². The lowest BCUT2D eigenvalue weighted by Gasteiger charge is -2.33. The first kappa shape index (κ1) is 19.0. The van der Waals surface area contributed by atoms with Gasteiger partial charge < -0.3 is 9.30 Å². The summed E-state index contributed by atoms with van der Waals surface area (Å²) in [7, 11) is 1.94. The van der Waals surface area contributed by atoms with E-state index >= 15 is 0 Å². The summed E-state index contributed by atoms with van der Waals surface area (Å²) >= 11 is 0. The lowest BCUT2D eigenvalue weighted by atomic mass is 10.0. The van der Waals surface area contributed by atoms with Crippen molar-refractivity contribution in [3.63, 3.8) is 0 Å². The minimum Gasteiger partial charge on any atom is -0.371 e. The number of benzene rings is 2. The molecule has 0 spiro atoms. The zero-order chi connectivity index (χ0) is 19.9. The number of aryl methyl sites for hydroxylation is 1. The Morgan fingerprint density at radius 3 is 2.82 bits per heavy atom. The Morgan fingerprint density at radius 2 is 2.04 bits per heavy atom. The van der Waals surface area contributed by atoms with E-state index in [-0.39, 0.29) is 11.7 Å². The van der Waals surface area contributed by atoms with E-state index in [0.717, 1.165) is 29.6 Å². The number of halogens is 3. The van der Waals surface area contributed by atoms with Crippen LogP contribution in [0.1, 0.15) is 29.7 Å². The highest BCUT2D eigenvalue weighted by molar-refractivity contribution is 5.76. The fourth-order valence-electron chi connectivity index (χ4n) is 3.64. The first-order valence-electron chi connectivity index (χ1n) is 9.22. The molecule has 1 saturated heterocycles. The average molecular weight is 389 g/mol. The van der Waals surface area contributed by atoms with Crippen LogP contribution in [-0.2, 0) is 24.3 Å². The quantitative estimate of drug-likeness (QED) is 0.663. The van der Waals surface area contributed by atoms with Crippen LogP contribution in [0.4, 0.5) is 13.2 Å². The zero-order valence-electron chi connectivity index (χ0n) is 15.8. The molecule has 0 aliphatic carbocycles. The van der Waals surface area contributed by atoms with Crippen molar-refractivity contribution in [1.82, 2.24) is 14.5 Å². The fraction of sp³-hybridized carbons (Fsp3) is 0.381. The molecule has 2 aromatic carbocycles. The SMILES string of the molecule is Cn1cnc2ccc(C3CN(Cc4cc(F)cc(C(C)(F)F)c4)CCO3)cc21. The van der Waals surface area contributed by atoms with Crippen LogP contribution in [-0.4, -0.2) is 34.1 Å². The summed E-state index contributed by atoms with van der Waals surface area (Å²) in [5.41, 5.74) is 3.24. The van der Waals surface area contributed by atoms with Crippen LogP contribution in [0.2, 0.25) is 0 Å². The molecule has 1 fully saturated rings. The summed E-state index contributed by atoms with van der Waals surface area (Å²) in [6, 6.07) is 9.64. The highest BCUT2D eigenvalue weighted by Gasteiger charge is 2.27. The molecule has 2 heterocycles. The van der Waals surface area contributed by atoms with Gasteiger partial charge in [0.05, 0.1) is 30.1 Å². The Labute approximate surface area is 161 Å². The highest BCUT2D eigenvalue weighted by atomic mass is 19.3. The van der Waals surface area contributed by atoms with E-state index in [9.17, 15) is 13.2 Å². The van der Waals surface area contributed by atoms with Crippen molar-refractivity contribution < 1.29 is 17.9 Å². The zero-order valence-corrected chi connectivity index (χ0v) is 15.8. The van der Waals surface area contributed by atoms with Crippen LogP contribution in [0.5, 0.6) is 0 Å². The number of aromatic nitrogens is 2. The van der Waals surface area contributed by atoms with Crippen molar-refractivity contribution in [2.45, 2.75) is 25.5 Å². The van der Waals surface area contributed by atoms with Gasteiger partial charge in [0, 0.05) is 39.2 Å². The predicted molar refractivity (Wildman–Crippen MR) is 101 cm³/mol. The van der Waals surface area contributed by atoms with Gasteiger partial charge in [0.15, 0.2) is 0 Å². The Hall–Kier alpha value is -2.38. The first-order chi connectivity index (χ1) is 13.3. The van der Waals surface area contributed by atoms with Crippen LogP contribution in [0, 0.1) is 5.82 Å². The summed E-state index contributed by atoms with van der Waals surface area (Å²) in [6.45, 7) is 2.98. The third kappa shape index (κ3) is 3.91. The maximum absolute atomic E-state index is 13.8. The Balaban J connectivity index is 1.52. The average Bonchev–Trinajstić information content (AvgIpc) is 3.01. The molecule has 4 rings (SSSR count). The van der Waals surface area contributed by atoms with Gasteiger partial charge in [0.25, 0.3) is 5.92 Å². The molecule has 0 amide bonds. The third-order valence-electron chi connectivity index (χ3n) is 5.14. The van der Waals surface area contributed by atoms with E-state index in [4.69, 9.17) is 4.74 Å². The standard InChI is InChI=1S/C21H22F3N3O/c1-21(23,24)16-7-14(8-17(22)10-16)11-27-5-6-28-20(12-27)15-3-4-18-19(9-15)26(2)13-25-18/h3-4,7-10,13,20H,5-6,11-12H2,1-2H3. The Morgan fingerprint density at radius 1 is 1.21 bits per heavy atom. The largest absolute Gasteiger partial charge is 0.371 e. The molecular formula is C21H22F3N3O. The molecule has 0 saturated carbocycles. The van der Waals surface area contributed by atoms with E-state index in [1.807, 2.05) is 23.7 Å². The highest BCUT2D eigenvalue weighted by Crippen LogP contribution is 2.30. The second-order valence-corrected chi connectivity index (χ2v) is 7.43. The molecule has 1 aliphatic heterocycles. The molecule has 1 aliphatic rings. The summed E-state index contributed by atoms with van der Waals surface area (Å²) in [4.78, 5) is 6.43. The van der Waals surface area contributed by atoms with Crippen molar-refractivity contribution in [1.29, 1.82) is 0 Å². The van der Waals surface area contributed by atoms with Crippen molar-refractivity contribution in [3.8, 4) is 0 Å². The van der Waals surface area contributed by atoms with Crippen molar-refractivity contribution in [3.05, 3.63) is 65.2 Å². The number of imidazole rings is 1. The first-order valence-corrected chi connectivity index (χ1v) is 9.22. The Kier molecular flexibility index (Phi) is 4.89. The molecule has 7 heteroatoms. The molecule has 1 atom stereocenters. The van der Waals surface area contributed by atoms with Gasteiger partial charge in [-0.25, -0.2) is 18.2 Å². The lowest BCUT2D eigenvalue weighted by molar-refractivity contribution is -0.0330. The molecule has 3 aromatic rings. The minimum absolute atomic E-state index is 0.131. The van der Waals surface area contributed by atoms with Crippen LogP contribution in [0.3, 0.4) is 0 Å². The molecule has 4 nitrogen and oxygen atoms in total. The van der Waals surface area contributed by atoms with Crippen LogP contribution < -0.4 is 0 Å². The van der Waals surface area contributed by atoms with E-state index in [2.05, 4.69) is 16.0 Å². The fourth-order valence-corrected chi connectivity index (χ4v) is 3.64. The summed E-state index contributed by atoms with van der Waals surface area (Å²) in [5.74, 6) is -3.70. The number of alkyl halides is 2. The van der Waals surface area contributed by atoms with Crippen LogP contribution in [0.15, 0.2) is 42.7 Å². The van der Waals surface area contributed by atoms with Gasteiger partial charge in [0.1, 0.15) is 5.82 Å². The number of nitrogens with zero attached hydrogens (tertiary/aromatic N) is 3. The predicted octanol–water partition coefficient (Wildman–Crippen LogP) is 4.40. The van der Waals surface area contributed by atoms with Crippen LogP contribution in [0.25, 0.3) is 11.0 Å². The van der Waals surface area contributed by atoms with Gasteiger partial charge in [-0.2, -0.15) is 0 Å².